The van der Waals surface area contributed by atoms with Crippen molar-refractivity contribution in [3.63, 3.8) is 0 Å². The molecule has 0 spiro atoms. The van der Waals surface area contributed by atoms with Crippen LogP contribution >= 0.6 is 0 Å². The highest BCUT2D eigenvalue weighted by molar-refractivity contribution is 5.80. The van der Waals surface area contributed by atoms with Crippen LogP contribution in [-0.4, -0.2) is 37.9 Å². The van der Waals surface area contributed by atoms with Gasteiger partial charge in [-0.2, -0.15) is 0 Å². The van der Waals surface area contributed by atoms with Crippen LogP contribution in [0.3, 0.4) is 0 Å². The number of likely N-dealkylation sites (N-methyl/N-ethyl adjacent to an activating group) is 1. The summed E-state index contributed by atoms with van der Waals surface area (Å²) in [7, 11) is 3.20. The molecule has 0 aromatic heterocycles. The Balaban J connectivity index is 3.89. The Morgan fingerprint density at radius 3 is 2.18 bits per heavy atom. The molecule has 4 nitrogen and oxygen atoms in total. The van der Waals surface area contributed by atoms with Crippen LogP contribution in [0.5, 0.6) is 0 Å². The van der Waals surface area contributed by atoms with E-state index in [2.05, 4.69) is 5.32 Å². The number of hydrogen-bond donors (Lipinski definition) is 1. The minimum atomic E-state index is -0.587. The number of carbonyl (C=O) groups excluding carboxylic acids is 1. The number of methoxy groups -OCH3 is 1. The largest absolute Gasteiger partial charge is 0.468 e. The Labute approximate surface area is 105 Å². The van der Waals surface area contributed by atoms with Gasteiger partial charge in [-0.05, 0) is 54.0 Å². The summed E-state index contributed by atoms with van der Waals surface area (Å²) >= 11 is 0. The summed E-state index contributed by atoms with van der Waals surface area (Å²) in [6.45, 7) is 8.71. The van der Waals surface area contributed by atoms with Crippen molar-refractivity contribution in [2.45, 2.75) is 58.1 Å². The molecular weight excluding hydrogens is 218 g/mol. The van der Waals surface area contributed by atoms with Gasteiger partial charge < -0.3 is 14.8 Å². The quantitative estimate of drug-likeness (QED) is 0.551. The van der Waals surface area contributed by atoms with E-state index >= 15 is 0 Å². The van der Waals surface area contributed by atoms with Crippen LogP contribution in [0.1, 0.15) is 47.0 Å². The molecule has 0 fully saturated rings. The molecule has 0 aromatic rings. The topological polar surface area (TPSA) is 47.6 Å². The number of carbonyl (C=O) groups is 1. The first-order chi connectivity index (χ1) is 7.75. The molecule has 17 heavy (non-hydrogen) atoms. The van der Waals surface area contributed by atoms with Crippen molar-refractivity contribution in [1.29, 1.82) is 0 Å². The monoisotopic (exact) mass is 245 g/mol. The molecule has 0 rings (SSSR count). The van der Waals surface area contributed by atoms with Gasteiger partial charge >= 0.3 is 5.97 Å². The molecule has 1 unspecified atom stereocenters. The second-order valence-electron chi connectivity index (χ2n) is 5.49. The van der Waals surface area contributed by atoms with Gasteiger partial charge in [0.1, 0.15) is 5.54 Å². The minimum absolute atomic E-state index is 0.0886. The average Bonchev–Trinajstić information content (AvgIpc) is 2.25. The van der Waals surface area contributed by atoms with Gasteiger partial charge in [0.25, 0.3) is 0 Å². The van der Waals surface area contributed by atoms with E-state index in [0.29, 0.717) is 0 Å². The van der Waals surface area contributed by atoms with Gasteiger partial charge in [-0.15, -0.1) is 0 Å². The molecule has 0 radical (unpaired) electrons. The minimum Gasteiger partial charge on any atom is -0.468 e. The van der Waals surface area contributed by atoms with Gasteiger partial charge in [-0.25, -0.2) is 0 Å². The van der Waals surface area contributed by atoms with Crippen LogP contribution in [0.25, 0.3) is 0 Å². The van der Waals surface area contributed by atoms with E-state index < -0.39 is 5.54 Å². The number of esters is 1. The molecular formula is C13H27NO3. The second-order valence-corrected chi connectivity index (χ2v) is 5.49. The number of nitrogens with one attached hydrogen (secondary N) is 1. The zero-order valence-electron chi connectivity index (χ0n) is 12.1. The molecule has 0 bridgehead atoms. The maximum Gasteiger partial charge on any atom is 0.325 e. The Morgan fingerprint density at radius 2 is 1.76 bits per heavy atom. The van der Waals surface area contributed by atoms with E-state index in [1.54, 1.807) is 7.05 Å². The molecule has 0 saturated carbocycles. The van der Waals surface area contributed by atoms with Crippen LogP contribution in [0.2, 0.25) is 0 Å². The Hall–Kier alpha value is -0.610. The van der Waals surface area contributed by atoms with E-state index in [4.69, 9.17) is 9.47 Å². The third-order valence-electron chi connectivity index (χ3n) is 2.79. The highest BCUT2D eigenvalue weighted by Gasteiger charge is 2.31. The number of rotatable bonds is 7. The summed E-state index contributed by atoms with van der Waals surface area (Å²) in [6, 6.07) is 0. The fourth-order valence-corrected chi connectivity index (χ4v) is 1.51. The third kappa shape index (κ3) is 6.64. The maximum absolute atomic E-state index is 11.6. The van der Waals surface area contributed by atoms with Crippen molar-refractivity contribution in [2.24, 2.45) is 0 Å². The summed E-state index contributed by atoms with van der Waals surface area (Å²) in [4.78, 5) is 11.6. The fourth-order valence-electron chi connectivity index (χ4n) is 1.51. The molecule has 0 aliphatic rings. The van der Waals surface area contributed by atoms with E-state index in [9.17, 15) is 4.79 Å². The summed E-state index contributed by atoms with van der Waals surface area (Å²) in [5.74, 6) is -0.211. The molecule has 0 aliphatic heterocycles. The molecule has 1 atom stereocenters. The Bertz CT molecular complexity index is 235. The standard InChI is InChI=1S/C13H27NO3/c1-12(2,3)17-10-8-7-9-13(4,14-5)11(15)16-6/h14H,7-10H2,1-6H3. The van der Waals surface area contributed by atoms with Gasteiger partial charge in [0.05, 0.1) is 12.7 Å². The highest BCUT2D eigenvalue weighted by atomic mass is 16.5. The first-order valence-corrected chi connectivity index (χ1v) is 6.16. The summed E-state index contributed by atoms with van der Waals surface area (Å²) in [6.07, 6.45) is 2.64. The molecule has 1 N–H and O–H groups in total. The molecule has 0 aliphatic carbocycles. The predicted molar refractivity (Wildman–Crippen MR) is 69.0 cm³/mol. The van der Waals surface area contributed by atoms with Crippen molar-refractivity contribution >= 4 is 5.97 Å². The lowest BCUT2D eigenvalue weighted by Crippen LogP contribution is -2.48. The van der Waals surface area contributed by atoms with Crippen LogP contribution in [0.4, 0.5) is 0 Å². The van der Waals surface area contributed by atoms with Crippen molar-refractivity contribution in [3.8, 4) is 0 Å². The molecule has 4 heteroatoms. The fraction of sp³-hybridized carbons (Fsp3) is 0.923. The SMILES string of the molecule is CNC(C)(CCCCOC(C)(C)C)C(=O)OC. The van der Waals surface area contributed by atoms with Crippen LogP contribution in [0.15, 0.2) is 0 Å². The third-order valence-corrected chi connectivity index (χ3v) is 2.79. The second kappa shape index (κ2) is 6.97. The normalized spacial score (nSPS) is 15.4. The highest BCUT2D eigenvalue weighted by Crippen LogP contribution is 2.16. The van der Waals surface area contributed by atoms with E-state index in [1.807, 2.05) is 27.7 Å². The van der Waals surface area contributed by atoms with Crippen LogP contribution in [0, 0.1) is 0 Å². The molecule has 0 heterocycles. The van der Waals surface area contributed by atoms with Gasteiger partial charge in [-0.1, -0.05) is 0 Å². The zero-order valence-corrected chi connectivity index (χ0v) is 12.1. The first kappa shape index (κ1) is 16.4. The predicted octanol–water partition coefficient (Wildman–Crippen LogP) is 2.12. The smallest absolute Gasteiger partial charge is 0.325 e. The van der Waals surface area contributed by atoms with E-state index in [0.717, 1.165) is 25.9 Å². The van der Waals surface area contributed by atoms with Crippen molar-refractivity contribution in [3.05, 3.63) is 0 Å². The zero-order chi connectivity index (χ0) is 13.5. The molecule has 0 aromatic carbocycles. The molecule has 102 valence electrons. The van der Waals surface area contributed by atoms with Crippen molar-refractivity contribution in [2.75, 3.05) is 20.8 Å². The molecule has 0 amide bonds. The lowest BCUT2D eigenvalue weighted by molar-refractivity contribution is -0.148. The molecule has 0 saturated heterocycles. The number of unbranched alkanes of at least 4 members (excludes halogenated alkanes) is 1. The van der Waals surface area contributed by atoms with Gasteiger partial charge in [-0.3, -0.25) is 4.79 Å². The average molecular weight is 245 g/mol. The van der Waals surface area contributed by atoms with E-state index in [1.165, 1.54) is 7.11 Å². The van der Waals surface area contributed by atoms with Gasteiger partial charge in [0.2, 0.25) is 0 Å². The first-order valence-electron chi connectivity index (χ1n) is 6.16. The summed E-state index contributed by atoms with van der Waals surface area (Å²) in [5.41, 5.74) is -0.675. The van der Waals surface area contributed by atoms with E-state index in [-0.39, 0.29) is 11.6 Å². The lowest BCUT2D eigenvalue weighted by atomic mass is 9.95. The number of ether oxygens (including phenoxy) is 2. The summed E-state index contributed by atoms with van der Waals surface area (Å²) < 4.78 is 10.4. The lowest BCUT2D eigenvalue weighted by Gasteiger charge is -2.26. The Morgan fingerprint density at radius 1 is 1.18 bits per heavy atom. The van der Waals surface area contributed by atoms with Crippen molar-refractivity contribution in [1.82, 2.24) is 5.32 Å². The van der Waals surface area contributed by atoms with Crippen molar-refractivity contribution < 1.29 is 14.3 Å². The van der Waals surface area contributed by atoms with Gasteiger partial charge in [0, 0.05) is 6.61 Å². The van der Waals surface area contributed by atoms with Crippen LogP contribution in [-0.2, 0) is 14.3 Å². The number of hydrogen-bond acceptors (Lipinski definition) is 4. The summed E-state index contributed by atoms with van der Waals surface area (Å²) in [5, 5.41) is 3.02. The Kier molecular flexibility index (Phi) is 6.72. The maximum atomic E-state index is 11.6. The van der Waals surface area contributed by atoms with Gasteiger partial charge in [0.15, 0.2) is 0 Å². The van der Waals surface area contributed by atoms with Crippen LogP contribution < -0.4 is 5.32 Å².